The standard InChI is InChI=1S/C12H20N4O/c1-15-6-4-9(8-15)7-11-13-12-10(17)3-2-5-16(12)14-11/h9-10,17H,2-8H2,1H3. The van der Waals surface area contributed by atoms with Gasteiger partial charge < -0.3 is 10.0 Å². The third-order valence-electron chi connectivity index (χ3n) is 3.85. The predicted molar refractivity (Wildman–Crippen MR) is 63.5 cm³/mol. The maximum absolute atomic E-state index is 9.85. The van der Waals surface area contributed by atoms with Crippen molar-refractivity contribution >= 4 is 0 Å². The maximum Gasteiger partial charge on any atom is 0.156 e. The molecule has 0 aliphatic carbocycles. The molecule has 0 bridgehead atoms. The fraction of sp³-hybridized carbons (Fsp3) is 0.833. The minimum absolute atomic E-state index is 0.406. The van der Waals surface area contributed by atoms with Gasteiger partial charge in [0.1, 0.15) is 6.10 Å². The van der Waals surface area contributed by atoms with Crippen LogP contribution >= 0.6 is 0 Å². The van der Waals surface area contributed by atoms with Gasteiger partial charge in [0, 0.05) is 19.5 Å². The van der Waals surface area contributed by atoms with Crippen molar-refractivity contribution in [2.75, 3.05) is 20.1 Å². The van der Waals surface area contributed by atoms with Crippen LogP contribution in [-0.4, -0.2) is 44.9 Å². The fourth-order valence-corrected chi connectivity index (χ4v) is 2.92. The van der Waals surface area contributed by atoms with Gasteiger partial charge in [-0.1, -0.05) is 0 Å². The van der Waals surface area contributed by atoms with Crippen LogP contribution in [0.2, 0.25) is 0 Å². The van der Waals surface area contributed by atoms with E-state index in [1.54, 1.807) is 0 Å². The Bertz CT molecular complexity index is 403. The first-order valence-corrected chi connectivity index (χ1v) is 6.52. The van der Waals surface area contributed by atoms with E-state index < -0.39 is 6.10 Å². The summed E-state index contributed by atoms with van der Waals surface area (Å²) in [5.41, 5.74) is 0. The number of nitrogens with zero attached hydrogens (tertiary/aromatic N) is 4. The van der Waals surface area contributed by atoms with E-state index in [2.05, 4.69) is 22.0 Å². The van der Waals surface area contributed by atoms with Crippen molar-refractivity contribution in [2.24, 2.45) is 5.92 Å². The van der Waals surface area contributed by atoms with Crippen LogP contribution in [0.3, 0.4) is 0 Å². The maximum atomic E-state index is 9.85. The van der Waals surface area contributed by atoms with Gasteiger partial charge in [0.15, 0.2) is 11.6 Å². The van der Waals surface area contributed by atoms with Crippen molar-refractivity contribution in [1.29, 1.82) is 0 Å². The van der Waals surface area contributed by atoms with Crippen LogP contribution in [0.1, 0.15) is 37.0 Å². The average molecular weight is 236 g/mol. The molecule has 17 heavy (non-hydrogen) atoms. The first-order chi connectivity index (χ1) is 8.22. The van der Waals surface area contributed by atoms with E-state index in [0.717, 1.165) is 44.0 Å². The summed E-state index contributed by atoms with van der Waals surface area (Å²) in [6, 6.07) is 0. The van der Waals surface area contributed by atoms with Gasteiger partial charge in [0.25, 0.3) is 0 Å². The van der Waals surface area contributed by atoms with E-state index in [1.807, 2.05) is 4.68 Å². The highest BCUT2D eigenvalue weighted by molar-refractivity contribution is 5.00. The van der Waals surface area contributed by atoms with E-state index in [-0.39, 0.29) is 0 Å². The Kier molecular flexibility index (Phi) is 2.88. The van der Waals surface area contributed by atoms with E-state index in [0.29, 0.717) is 5.92 Å². The van der Waals surface area contributed by atoms with Crippen LogP contribution in [0.5, 0.6) is 0 Å². The minimum atomic E-state index is -0.406. The Morgan fingerprint density at radius 2 is 2.24 bits per heavy atom. The van der Waals surface area contributed by atoms with Gasteiger partial charge in [0.05, 0.1) is 0 Å². The molecule has 1 fully saturated rings. The van der Waals surface area contributed by atoms with Gasteiger partial charge in [-0.25, -0.2) is 9.67 Å². The molecule has 94 valence electrons. The highest BCUT2D eigenvalue weighted by atomic mass is 16.3. The second kappa shape index (κ2) is 4.38. The second-order valence-electron chi connectivity index (χ2n) is 5.39. The van der Waals surface area contributed by atoms with Gasteiger partial charge in [-0.3, -0.25) is 0 Å². The van der Waals surface area contributed by atoms with Crippen molar-refractivity contribution in [3.8, 4) is 0 Å². The topological polar surface area (TPSA) is 54.2 Å². The number of hydrogen-bond acceptors (Lipinski definition) is 4. The third kappa shape index (κ3) is 2.21. The van der Waals surface area contributed by atoms with E-state index in [1.165, 1.54) is 13.0 Å². The van der Waals surface area contributed by atoms with Crippen LogP contribution in [0.25, 0.3) is 0 Å². The fourth-order valence-electron chi connectivity index (χ4n) is 2.92. The number of aliphatic hydroxyl groups is 1. The molecule has 5 heteroatoms. The molecule has 1 aromatic heterocycles. The van der Waals surface area contributed by atoms with Gasteiger partial charge >= 0.3 is 0 Å². The van der Waals surface area contributed by atoms with Crippen LogP contribution in [-0.2, 0) is 13.0 Å². The van der Waals surface area contributed by atoms with Gasteiger partial charge in [-0.05, 0) is 38.8 Å². The molecule has 1 saturated heterocycles. The average Bonchev–Trinajstić information content (AvgIpc) is 2.86. The first-order valence-electron chi connectivity index (χ1n) is 6.52. The Labute approximate surface area is 101 Å². The zero-order valence-corrected chi connectivity index (χ0v) is 10.3. The second-order valence-corrected chi connectivity index (χ2v) is 5.39. The monoisotopic (exact) mass is 236 g/mol. The molecule has 2 atom stereocenters. The summed E-state index contributed by atoms with van der Waals surface area (Å²) in [7, 11) is 2.16. The Hall–Kier alpha value is -0.940. The van der Waals surface area contributed by atoms with Gasteiger partial charge in [0.2, 0.25) is 0 Å². The molecule has 0 aromatic carbocycles. The summed E-state index contributed by atoms with van der Waals surface area (Å²) in [5.74, 6) is 2.38. The lowest BCUT2D eigenvalue weighted by Gasteiger charge is -2.16. The molecule has 2 unspecified atom stereocenters. The predicted octanol–water partition coefficient (Wildman–Crippen LogP) is 0.599. The van der Waals surface area contributed by atoms with Crippen molar-refractivity contribution in [2.45, 2.75) is 38.3 Å². The number of aromatic nitrogens is 3. The van der Waals surface area contributed by atoms with Gasteiger partial charge in [-0.15, -0.1) is 0 Å². The lowest BCUT2D eigenvalue weighted by molar-refractivity contribution is 0.130. The summed E-state index contributed by atoms with van der Waals surface area (Å²) >= 11 is 0. The third-order valence-corrected chi connectivity index (χ3v) is 3.85. The van der Waals surface area contributed by atoms with Crippen LogP contribution in [0.15, 0.2) is 0 Å². The Balaban J connectivity index is 1.72. The van der Waals surface area contributed by atoms with Crippen LogP contribution in [0.4, 0.5) is 0 Å². The molecule has 2 aliphatic heterocycles. The first kappa shape index (κ1) is 11.2. The molecule has 3 rings (SSSR count). The molecule has 1 N–H and O–H groups in total. The molecule has 0 saturated carbocycles. The molecule has 5 nitrogen and oxygen atoms in total. The molecule has 1 aromatic rings. The molecule has 3 heterocycles. The smallest absolute Gasteiger partial charge is 0.156 e. The lowest BCUT2D eigenvalue weighted by atomic mass is 10.1. The number of aliphatic hydroxyl groups excluding tert-OH is 1. The SMILES string of the molecule is CN1CCC(Cc2nc3n(n2)CCCC3O)C1. The highest BCUT2D eigenvalue weighted by Gasteiger charge is 2.25. The summed E-state index contributed by atoms with van der Waals surface area (Å²) in [5, 5.41) is 14.4. The van der Waals surface area contributed by atoms with Crippen LogP contribution in [0, 0.1) is 5.92 Å². The molecule has 0 spiro atoms. The normalized spacial score (nSPS) is 29.5. The van der Waals surface area contributed by atoms with Crippen LogP contribution < -0.4 is 0 Å². The van der Waals surface area contributed by atoms with Crippen molar-refractivity contribution in [3.63, 3.8) is 0 Å². The number of fused-ring (bicyclic) bond motifs is 1. The summed E-state index contributed by atoms with van der Waals surface area (Å²) in [4.78, 5) is 6.86. The molecular weight excluding hydrogens is 216 g/mol. The number of rotatable bonds is 2. The Morgan fingerprint density at radius 1 is 1.35 bits per heavy atom. The quantitative estimate of drug-likeness (QED) is 0.817. The number of hydrogen-bond donors (Lipinski definition) is 1. The van der Waals surface area contributed by atoms with Gasteiger partial charge in [-0.2, -0.15) is 5.10 Å². The molecule has 0 amide bonds. The number of aryl methyl sites for hydroxylation is 1. The number of likely N-dealkylation sites (tertiary alicyclic amines) is 1. The zero-order chi connectivity index (χ0) is 11.8. The van der Waals surface area contributed by atoms with E-state index in [4.69, 9.17) is 0 Å². The van der Waals surface area contributed by atoms with Crippen molar-refractivity contribution in [3.05, 3.63) is 11.6 Å². The summed E-state index contributed by atoms with van der Waals surface area (Å²) < 4.78 is 1.89. The molecule has 2 aliphatic rings. The lowest BCUT2D eigenvalue weighted by Crippen LogP contribution is -2.16. The minimum Gasteiger partial charge on any atom is -0.385 e. The summed E-state index contributed by atoms with van der Waals surface area (Å²) in [6.07, 6.45) is 3.62. The van der Waals surface area contributed by atoms with Crippen molar-refractivity contribution in [1.82, 2.24) is 19.7 Å². The van der Waals surface area contributed by atoms with Crippen molar-refractivity contribution < 1.29 is 5.11 Å². The molecule has 0 radical (unpaired) electrons. The largest absolute Gasteiger partial charge is 0.385 e. The highest BCUT2D eigenvalue weighted by Crippen LogP contribution is 2.24. The van der Waals surface area contributed by atoms with E-state index >= 15 is 0 Å². The molecular formula is C12H20N4O. The zero-order valence-electron chi connectivity index (χ0n) is 10.3. The summed E-state index contributed by atoms with van der Waals surface area (Å²) in [6.45, 7) is 3.23. The van der Waals surface area contributed by atoms with E-state index in [9.17, 15) is 5.11 Å². The Morgan fingerprint density at radius 3 is 2.94 bits per heavy atom.